The summed E-state index contributed by atoms with van der Waals surface area (Å²) < 4.78 is 0. The molecule has 0 saturated carbocycles. The fraction of sp³-hybridized carbons (Fsp3) is 0.583. The third-order valence-corrected chi connectivity index (χ3v) is 3.37. The minimum absolute atomic E-state index is 0.473. The summed E-state index contributed by atoms with van der Waals surface area (Å²) >= 11 is 5.97. The second-order valence-electron chi connectivity index (χ2n) is 4.30. The minimum atomic E-state index is 0.473. The molecule has 0 amide bonds. The number of nitrogens with zero attached hydrogens (tertiary/aromatic N) is 2. The number of hydrogen-bond acceptors (Lipinski definition) is 2. The van der Waals surface area contributed by atoms with Crippen molar-refractivity contribution in [1.29, 1.82) is 0 Å². The van der Waals surface area contributed by atoms with E-state index < -0.39 is 0 Å². The molecule has 3 heteroatoms. The van der Waals surface area contributed by atoms with Gasteiger partial charge in [0.2, 0.25) is 0 Å². The van der Waals surface area contributed by atoms with Gasteiger partial charge in [-0.3, -0.25) is 0 Å². The molecule has 15 heavy (non-hydrogen) atoms. The summed E-state index contributed by atoms with van der Waals surface area (Å²) in [7, 11) is 0. The Morgan fingerprint density at radius 2 is 2.33 bits per heavy atom. The van der Waals surface area contributed by atoms with Crippen molar-refractivity contribution in [2.45, 2.75) is 32.7 Å². The number of aromatic nitrogens is 1. The van der Waals surface area contributed by atoms with Crippen LogP contribution in [0, 0.1) is 13.8 Å². The van der Waals surface area contributed by atoms with Crippen LogP contribution in [0.3, 0.4) is 0 Å². The van der Waals surface area contributed by atoms with E-state index in [1.165, 1.54) is 24.0 Å². The number of rotatable bonds is 2. The third kappa shape index (κ3) is 2.10. The highest BCUT2D eigenvalue weighted by atomic mass is 35.5. The Bertz CT molecular complexity index is 351. The summed E-state index contributed by atoms with van der Waals surface area (Å²) in [6, 6.07) is 2.66. The normalized spacial score (nSPS) is 21.0. The van der Waals surface area contributed by atoms with Crippen molar-refractivity contribution in [2.24, 2.45) is 0 Å². The second kappa shape index (κ2) is 4.40. The van der Waals surface area contributed by atoms with Crippen molar-refractivity contribution in [3.05, 3.63) is 23.4 Å². The van der Waals surface area contributed by atoms with E-state index in [9.17, 15) is 0 Å². The van der Waals surface area contributed by atoms with Crippen molar-refractivity contribution in [3.63, 3.8) is 0 Å². The smallest absolute Gasteiger partial charge is 0.131 e. The monoisotopic (exact) mass is 224 g/mol. The topological polar surface area (TPSA) is 16.1 Å². The molecule has 1 saturated heterocycles. The highest BCUT2D eigenvalue weighted by Gasteiger charge is 2.25. The van der Waals surface area contributed by atoms with Gasteiger partial charge in [-0.2, -0.15) is 0 Å². The molecular weight excluding hydrogens is 208 g/mol. The zero-order valence-corrected chi connectivity index (χ0v) is 10.1. The summed E-state index contributed by atoms with van der Waals surface area (Å²) in [6.07, 6.45) is 4.36. The van der Waals surface area contributed by atoms with Crippen LogP contribution in [0.25, 0.3) is 0 Å². The first kappa shape index (κ1) is 10.7. The fourth-order valence-corrected chi connectivity index (χ4v) is 2.60. The molecule has 0 aromatic carbocycles. The van der Waals surface area contributed by atoms with E-state index in [-0.39, 0.29) is 0 Å². The average molecular weight is 225 g/mol. The molecule has 1 aromatic heterocycles. The largest absolute Gasteiger partial charge is 0.352 e. The molecule has 1 fully saturated rings. The summed E-state index contributed by atoms with van der Waals surface area (Å²) in [5.41, 5.74) is 2.48. The molecule has 1 aliphatic rings. The van der Waals surface area contributed by atoms with Crippen LogP contribution in [0.15, 0.2) is 12.3 Å². The van der Waals surface area contributed by atoms with Crippen LogP contribution < -0.4 is 4.90 Å². The van der Waals surface area contributed by atoms with Crippen LogP contribution in [-0.2, 0) is 0 Å². The fourth-order valence-electron chi connectivity index (χ4n) is 2.28. The first-order valence-corrected chi connectivity index (χ1v) is 6.01. The lowest BCUT2D eigenvalue weighted by atomic mass is 10.2. The van der Waals surface area contributed by atoms with Gasteiger partial charge in [-0.25, -0.2) is 4.98 Å². The van der Waals surface area contributed by atoms with E-state index in [1.807, 2.05) is 6.20 Å². The van der Waals surface area contributed by atoms with Crippen molar-refractivity contribution >= 4 is 17.4 Å². The quantitative estimate of drug-likeness (QED) is 0.719. The summed E-state index contributed by atoms with van der Waals surface area (Å²) in [5, 5.41) is 0. The Kier molecular flexibility index (Phi) is 3.15. The molecule has 82 valence electrons. The van der Waals surface area contributed by atoms with Crippen LogP contribution in [0.1, 0.15) is 24.0 Å². The standard InChI is InChI=1S/C12H17ClN2/c1-9-6-10(2)12(14-8-9)15-5-3-4-11(15)7-13/h6,8,11H,3-5,7H2,1-2H3. The highest BCUT2D eigenvalue weighted by Crippen LogP contribution is 2.27. The van der Waals surface area contributed by atoms with E-state index >= 15 is 0 Å². The third-order valence-electron chi connectivity index (χ3n) is 3.01. The van der Waals surface area contributed by atoms with Crippen LogP contribution in [-0.4, -0.2) is 23.5 Å². The van der Waals surface area contributed by atoms with Crippen LogP contribution >= 0.6 is 11.6 Å². The highest BCUT2D eigenvalue weighted by molar-refractivity contribution is 6.18. The zero-order chi connectivity index (χ0) is 10.8. The summed E-state index contributed by atoms with van der Waals surface area (Å²) in [5.74, 6) is 1.82. The van der Waals surface area contributed by atoms with E-state index in [2.05, 4.69) is 29.8 Å². The lowest BCUT2D eigenvalue weighted by molar-refractivity contribution is 0.731. The molecule has 0 bridgehead atoms. The number of aryl methyl sites for hydroxylation is 2. The van der Waals surface area contributed by atoms with Crippen LogP contribution in [0.2, 0.25) is 0 Å². The Labute approximate surface area is 96.3 Å². The van der Waals surface area contributed by atoms with Gasteiger partial charge in [-0.1, -0.05) is 6.07 Å². The van der Waals surface area contributed by atoms with Crippen LogP contribution in [0.5, 0.6) is 0 Å². The molecule has 2 rings (SSSR count). The maximum absolute atomic E-state index is 5.97. The van der Waals surface area contributed by atoms with Gasteiger partial charge in [-0.15, -0.1) is 11.6 Å². The molecule has 0 spiro atoms. The average Bonchev–Trinajstić information content (AvgIpc) is 2.65. The molecule has 1 unspecified atom stereocenters. The second-order valence-corrected chi connectivity index (χ2v) is 4.61. The number of hydrogen-bond donors (Lipinski definition) is 0. The summed E-state index contributed by atoms with van der Waals surface area (Å²) in [6.45, 7) is 5.29. The predicted molar refractivity (Wildman–Crippen MR) is 64.8 cm³/mol. The van der Waals surface area contributed by atoms with Crippen LogP contribution in [0.4, 0.5) is 5.82 Å². The molecule has 2 nitrogen and oxygen atoms in total. The van der Waals surface area contributed by atoms with E-state index in [1.54, 1.807) is 0 Å². The molecular formula is C12H17ClN2. The predicted octanol–water partition coefficient (Wildman–Crippen LogP) is 2.91. The lowest BCUT2D eigenvalue weighted by Crippen LogP contribution is -2.31. The molecule has 0 aliphatic carbocycles. The SMILES string of the molecule is Cc1cnc(N2CCCC2CCl)c(C)c1. The van der Waals surface area contributed by atoms with Gasteiger partial charge >= 0.3 is 0 Å². The maximum atomic E-state index is 5.97. The molecule has 1 aliphatic heterocycles. The Morgan fingerprint density at radius 1 is 1.53 bits per heavy atom. The Hall–Kier alpha value is -0.760. The minimum Gasteiger partial charge on any atom is -0.352 e. The van der Waals surface area contributed by atoms with Gasteiger partial charge in [0, 0.05) is 24.7 Å². The lowest BCUT2D eigenvalue weighted by Gasteiger charge is -2.25. The van der Waals surface area contributed by atoms with E-state index in [0.717, 1.165) is 12.4 Å². The molecule has 1 atom stereocenters. The van der Waals surface area contributed by atoms with Gasteiger partial charge in [-0.05, 0) is 37.8 Å². The first-order valence-electron chi connectivity index (χ1n) is 5.48. The number of alkyl halides is 1. The molecule has 0 radical (unpaired) electrons. The van der Waals surface area contributed by atoms with Gasteiger partial charge in [0.25, 0.3) is 0 Å². The zero-order valence-electron chi connectivity index (χ0n) is 9.33. The Morgan fingerprint density at radius 3 is 3.00 bits per heavy atom. The number of anilines is 1. The van der Waals surface area contributed by atoms with Crippen molar-refractivity contribution in [2.75, 3.05) is 17.3 Å². The Balaban J connectivity index is 2.28. The van der Waals surface area contributed by atoms with Crippen molar-refractivity contribution in [1.82, 2.24) is 4.98 Å². The maximum Gasteiger partial charge on any atom is 0.131 e. The number of pyridine rings is 1. The van der Waals surface area contributed by atoms with Crippen molar-refractivity contribution < 1.29 is 0 Å². The number of halogens is 1. The van der Waals surface area contributed by atoms with Gasteiger partial charge < -0.3 is 4.90 Å². The summed E-state index contributed by atoms with van der Waals surface area (Å²) in [4.78, 5) is 6.87. The van der Waals surface area contributed by atoms with E-state index in [4.69, 9.17) is 11.6 Å². The van der Waals surface area contributed by atoms with Gasteiger partial charge in [0.15, 0.2) is 0 Å². The van der Waals surface area contributed by atoms with Crippen molar-refractivity contribution in [3.8, 4) is 0 Å². The molecule has 0 N–H and O–H groups in total. The molecule has 2 heterocycles. The first-order chi connectivity index (χ1) is 7.22. The van der Waals surface area contributed by atoms with Gasteiger partial charge in [0.1, 0.15) is 5.82 Å². The van der Waals surface area contributed by atoms with E-state index in [0.29, 0.717) is 11.9 Å². The van der Waals surface area contributed by atoms with Gasteiger partial charge in [0.05, 0.1) is 0 Å². The molecule has 1 aromatic rings.